The summed E-state index contributed by atoms with van der Waals surface area (Å²) in [6, 6.07) is 16.2. The number of aromatic nitrogens is 1. The third kappa shape index (κ3) is 2.62. The molecular formula is C18H16INO. The van der Waals surface area contributed by atoms with Crippen LogP contribution in [0.2, 0.25) is 0 Å². The van der Waals surface area contributed by atoms with Crippen molar-refractivity contribution in [3.63, 3.8) is 0 Å². The molecule has 3 heteroatoms. The summed E-state index contributed by atoms with van der Waals surface area (Å²) in [5.41, 5.74) is 2.64. The number of carbonyl (C=O) groups is 1. The lowest BCUT2D eigenvalue weighted by Gasteiger charge is -2.08. The van der Waals surface area contributed by atoms with Gasteiger partial charge in [-0.1, -0.05) is 30.3 Å². The average Bonchev–Trinajstić information content (AvgIpc) is 2.86. The van der Waals surface area contributed by atoms with Gasteiger partial charge in [0.2, 0.25) is 0 Å². The van der Waals surface area contributed by atoms with E-state index < -0.39 is 0 Å². The molecule has 0 saturated heterocycles. The maximum Gasteiger partial charge on any atom is 0.195 e. The summed E-state index contributed by atoms with van der Waals surface area (Å²) >= 11 is 2.23. The van der Waals surface area contributed by atoms with E-state index in [9.17, 15) is 4.79 Å². The van der Waals surface area contributed by atoms with Crippen LogP contribution in [0.15, 0.2) is 54.7 Å². The van der Waals surface area contributed by atoms with E-state index in [1.54, 1.807) is 0 Å². The largest absolute Gasteiger partial charge is 0.344 e. The zero-order valence-electron chi connectivity index (χ0n) is 12.0. The molecule has 3 rings (SSSR count). The second-order valence-corrected chi connectivity index (χ2v) is 6.65. The van der Waals surface area contributed by atoms with Gasteiger partial charge in [0.25, 0.3) is 0 Å². The van der Waals surface area contributed by atoms with Crippen molar-refractivity contribution in [2.75, 3.05) is 0 Å². The molecule has 1 heterocycles. The molecule has 0 atom stereocenters. The number of halogens is 1. The zero-order chi connectivity index (χ0) is 15.0. The number of para-hydroxylation sites is 1. The summed E-state index contributed by atoms with van der Waals surface area (Å²) in [5, 5.41) is 1.02. The number of rotatable bonds is 3. The molecule has 2 aromatic carbocycles. The molecule has 0 N–H and O–H groups in total. The van der Waals surface area contributed by atoms with Crippen LogP contribution in [0, 0.1) is 3.57 Å². The van der Waals surface area contributed by atoms with Gasteiger partial charge >= 0.3 is 0 Å². The van der Waals surface area contributed by atoms with Crippen molar-refractivity contribution >= 4 is 39.3 Å². The van der Waals surface area contributed by atoms with Crippen LogP contribution in [0.25, 0.3) is 10.9 Å². The van der Waals surface area contributed by atoms with E-state index in [0.29, 0.717) is 6.04 Å². The molecule has 0 aliphatic rings. The Morgan fingerprint density at radius 2 is 1.86 bits per heavy atom. The zero-order valence-corrected chi connectivity index (χ0v) is 14.2. The number of fused-ring (bicyclic) bond motifs is 1. The van der Waals surface area contributed by atoms with E-state index in [1.165, 1.54) is 0 Å². The maximum atomic E-state index is 12.8. The molecule has 2 nitrogen and oxygen atoms in total. The number of hydrogen-bond acceptors (Lipinski definition) is 1. The van der Waals surface area contributed by atoms with Crippen molar-refractivity contribution in [1.29, 1.82) is 0 Å². The van der Waals surface area contributed by atoms with Crippen LogP contribution in [0.4, 0.5) is 0 Å². The highest BCUT2D eigenvalue weighted by molar-refractivity contribution is 14.1. The number of carbonyl (C=O) groups excluding carboxylic acids is 1. The van der Waals surface area contributed by atoms with Crippen LogP contribution in [0.1, 0.15) is 35.8 Å². The van der Waals surface area contributed by atoms with E-state index >= 15 is 0 Å². The topological polar surface area (TPSA) is 22.0 Å². The van der Waals surface area contributed by atoms with E-state index in [1.807, 2.05) is 48.7 Å². The van der Waals surface area contributed by atoms with Gasteiger partial charge in [0.05, 0.1) is 0 Å². The first-order chi connectivity index (χ1) is 10.1. The van der Waals surface area contributed by atoms with Gasteiger partial charge in [0, 0.05) is 37.8 Å². The highest BCUT2D eigenvalue weighted by Gasteiger charge is 2.17. The van der Waals surface area contributed by atoms with Crippen molar-refractivity contribution < 1.29 is 4.79 Å². The lowest BCUT2D eigenvalue weighted by atomic mass is 10.0. The van der Waals surface area contributed by atoms with Gasteiger partial charge in [0.15, 0.2) is 5.78 Å². The molecule has 0 spiro atoms. The van der Waals surface area contributed by atoms with Crippen LogP contribution in [-0.2, 0) is 0 Å². The first kappa shape index (κ1) is 14.3. The minimum atomic E-state index is 0.0871. The van der Waals surface area contributed by atoms with Gasteiger partial charge in [-0.3, -0.25) is 4.79 Å². The van der Waals surface area contributed by atoms with Crippen molar-refractivity contribution in [2.45, 2.75) is 19.9 Å². The Labute approximate surface area is 137 Å². The fraction of sp³-hybridized carbons (Fsp3) is 0.167. The Balaban J connectivity index is 2.19. The maximum absolute atomic E-state index is 12.8. The van der Waals surface area contributed by atoms with Gasteiger partial charge in [-0.15, -0.1) is 0 Å². The lowest BCUT2D eigenvalue weighted by Crippen LogP contribution is -2.02. The quantitative estimate of drug-likeness (QED) is 0.454. The van der Waals surface area contributed by atoms with Crippen LogP contribution in [-0.4, -0.2) is 10.4 Å². The van der Waals surface area contributed by atoms with Crippen molar-refractivity contribution in [2.24, 2.45) is 0 Å². The number of ketones is 1. The molecule has 0 radical (unpaired) electrons. The normalized spacial score (nSPS) is 11.2. The SMILES string of the molecule is CC(C)n1cc(C(=O)c2cccc(I)c2)c2ccccc21. The molecular weight excluding hydrogens is 373 g/mol. The first-order valence-electron chi connectivity index (χ1n) is 6.98. The summed E-state index contributed by atoms with van der Waals surface area (Å²) in [6.45, 7) is 4.26. The highest BCUT2D eigenvalue weighted by Crippen LogP contribution is 2.26. The van der Waals surface area contributed by atoms with Crippen molar-refractivity contribution in [3.8, 4) is 0 Å². The van der Waals surface area contributed by atoms with Crippen LogP contribution in [0.3, 0.4) is 0 Å². The summed E-state index contributed by atoms with van der Waals surface area (Å²) in [6.07, 6.45) is 1.98. The summed E-state index contributed by atoms with van der Waals surface area (Å²) in [4.78, 5) is 12.8. The monoisotopic (exact) mass is 389 g/mol. The lowest BCUT2D eigenvalue weighted by molar-refractivity contribution is 0.104. The first-order valence-corrected chi connectivity index (χ1v) is 8.05. The van der Waals surface area contributed by atoms with Gasteiger partial charge in [-0.05, 0) is 54.6 Å². The summed E-state index contributed by atoms with van der Waals surface area (Å²) < 4.78 is 3.24. The number of benzene rings is 2. The van der Waals surface area contributed by atoms with E-state index in [2.05, 4.69) is 47.1 Å². The molecule has 0 saturated carbocycles. The predicted molar refractivity (Wildman–Crippen MR) is 94.9 cm³/mol. The molecule has 1 aromatic heterocycles. The molecule has 0 amide bonds. The van der Waals surface area contributed by atoms with E-state index in [4.69, 9.17) is 0 Å². The standard InChI is InChI=1S/C18H16INO/c1-12(2)20-11-16(15-8-3-4-9-17(15)20)18(21)13-6-5-7-14(19)10-13/h3-12H,1-2H3. The fourth-order valence-corrected chi connectivity index (χ4v) is 3.14. The molecule has 0 aliphatic heterocycles. The van der Waals surface area contributed by atoms with Crippen LogP contribution < -0.4 is 0 Å². The smallest absolute Gasteiger partial charge is 0.195 e. The van der Waals surface area contributed by atoms with Crippen LogP contribution in [0.5, 0.6) is 0 Å². The Kier molecular flexibility index (Phi) is 3.85. The van der Waals surface area contributed by atoms with Crippen molar-refractivity contribution in [3.05, 3.63) is 69.4 Å². The third-order valence-electron chi connectivity index (χ3n) is 3.63. The second kappa shape index (κ2) is 5.64. The predicted octanol–water partition coefficient (Wildman–Crippen LogP) is 5.06. The van der Waals surface area contributed by atoms with Crippen LogP contribution >= 0.6 is 22.6 Å². The van der Waals surface area contributed by atoms with E-state index in [0.717, 1.165) is 25.6 Å². The molecule has 21 heavy (non-hydrogen) atoms. The van der Waals surface area contributed by atoms with Gasteiger partial charge in [0.1, 0.15) is 0 Å². The molecule has 0 unspecified atom stereocenters. The highest BCUT2D eigenvalue weighted by atomic mass is 127. The second-order valence-electron chi connectivity index (χ2n) is 5.40. The van der Waals surface area contributed by atoms with Gasteiger partial charge in [-0.25, -0.2) is 0 Å². The molecule has 3 aromatic rings. The fourth-order valence-electron chi connectivity index (χ4n) is 2.60. The Morgan fingerprint density at radius 3 is 2.57 bits per heavy atom. The Hall–Kier alpha value is -1.62. The number of nitrogens with zero attached hydrogens (tertiary/aromatic N) is 1. The minimum Gasteiger partial charge on any atom is -0.344 e. The third-order valence-corrected chi connectivity index (χ3v) is 4.30. The van der Waals surface area contributed by atoms with Crippen molar-refractivity contribution in [1.82, 2.24) is 4.57 Å². The van der Waals surface area contributed by atoms with Gasteiger partial charge in [-0.2, -0.15) is 0 Å². The Bertz CT molecular complexity index is 817. The van der Waals surface area contributed by atoms with Gasteiger partial charge < -0.3 is 4.57 Å². The molecule has 0 bridgehead atoms. The molecule has 106 valence electrons. The minimum absolute atomic E-state index is 0.0871. The summed E-state index contributed by atoms with van der Waals surface area (Å²) in [7, 11) is 0. The Morgan fingerprint density at radius 1 is 1.10 bits per heavy atom. The average molecular weight is 389 g/mol. The van der Waals surface area contributed by atoms with E-state index in [-0.39, 0.29) is 5.78 Å². The molecule has 0 fully saturated rings. The number of hydrogen-bond donors (Lipinski definition) is 0. The summed E-state index contributed by atoms with van der Waals surface area (Å²) in [5.74, 6) is 0.0871. The molecule has 0 aliphatic carbocycles.